The number of fused-ring (bicyclic) bond motifs is 1. The quantitative estimate of drug-likeness (QED) is 0.307. The molecule has 2 amide bonds. The number of carbonyl (C=O) groups excluding carboxylic acids is 3. The van der Waals surface area contributed by atoms with Crippen molar-refractivity contribution in [3.63, 3.8) is 0 Å². The van der Waals surface area contributed by atoms with Gasteiger partial charge in [0.2, 0.25) is 11.8 Å². The van der Waals surface area contributed by atoms with Crippen molar-refractivity contribution in [2.24, 2.45) is 5.41 Å². The Labute approximate surface area is 255 Å². The van der Waals surface area contributed by atoms with Gasteiger partial charge in [-0.1, -0.05) is 32.4 Å². The first-order valence-corrected chi connectivity index (χ1v) is 14.6. The van der Waals surface area contributed by atoms with Crippen molar-refractivity contribution < 1.29 is 23.5 Å². The summed E-state index contributed by atoms with van der Waals surface area (Å²) in [5.41, 5.74) is 0.724. The van der Waals surface area contributed by atoms with Gasteiger partial charge in [-0.2, -0.15) is 0 Å². The number of methoxy groups -OCH3 is 1. The highest BCUT2D eigenvalue weighted by Gasteiger charge is 2.42. The van der Waals surface area contributed by atoms with Gasteiger partial charge in [-0.25, -0.2) is 14.4 Å². The maximum Gasteiger partial charge on any atom is 0.246 e. The molecule has 0 spiro atoms. The number of hydrogen-bond donors (Lipinski definition) is 3. The Bertz CT molecular complexity index is 1530. The van der Waals surface area contributed by atoms with Crippen LogP contribution >= 0.6 is 11.6 Å². The van der Waals surface area contributed by atoms with Gasteiger partial charge in [-0.3, -0.25) is 14.4 Å². The highest BCUT2D eigenvalue weighted by Crippen LogP contribution is 2.33. The van der Waals surface area contributed by atoms with E-state index in [-0.39, 0.29) is 34.7 Å². The van der Waals surface area contributed by atoms with Gasteiger partial charge in [-0.15, -0.1) is 0 Å². The van der Waals surface area contributed by atoms with E-state index in [0.717, 1.165) is 0 Å². The first-order chi connectivity index (χ1) is 20.3. The fraction of sp³-hybridized carbons (Fsp3) is 0.452. The van der Waals surface area contributed by atoms with Crippen LogP contribution in [0.25, 0.3) is 10.9 Å². The Morgan fingerprint density at radius 1 is 1.19 bits per heavy atom. The number of rotatable bonds is 10. The Kier molecular flexibility index (Phi) is 9.86. The van der Waals surface area contributed by atoms with Crippen molar-refractivity contribution in [3.05, 3.63) is 53.1 Å². The van der Waals surface area contributed by atoms with E-state index < -0.39 is 29.4 Å². The Morgan fingerprint density at radius 2 is 1.93 bits per heavy atom. The molecule has 1 aliphatic rings. The molecule has 0 bridgehead atoms. The SMILES string of the molecule is CN[C@@H](C)C(=O)N[C@H](C(=O)N1CCC[C@H]1C(=O)Cc1cc2c(Nc3ccc(Cl)cc3F)ncnc2cc1OC)C(C)(C)C. The van der Waals surface area contributed by atoms with Crippen molar-refractivity contribution in [1.29, 1.82) is 0 Å². The molecule has 230 valence electrons. The van der Waals surface area contributed by atoms with Crippen LogP contribution in [0.4, 0.5) is 15.9 Å². The lowest BCUT2D eigenvalue weighted by Gasteiger charge is -2.36. The number of likely N-dealkylation sites (N-methyl/N-ethyl adjacent to an activating group) is 1. The normalized spacial score (nSPS) is 16.6. The van der Waals surface area contributed by atoms with Crippen LogP contribution in [0.3, 0.4) is 0 Å². The summed E-state index contributed by atoms with van der Waals surface area (Å²) in [6.45, 7) is 7.79. The molecular formula is C31H38ClFN6O4. The fourth-order valence-electron chi connectivity index (χ4n) is 5.16. The zero-order valence-electron chi connectivity index (χ0n) is 25.3. The molecule has 4 rings (SSSR count). The van der Waals surface area contributed by atoms with Crippen molar-refractivity contribution in [2.75, 3.05) is 26.0 Å². The van der Waals surface area contributed by atoms with Crippen LogP contribution in [-0.4, -0.2) is 71.3 Å². The lowest BCUT2D eigenvalue weighted by atomic mass is 9.85. The zero-order valence-corrected chi connectivity index (χ0v) is 26.0. The van der Waals surface area contributed by atoms with Crippen molar-refractivity contribution in [3.8, 4) is 5.75 Å². The number of Topliss-reactive ketones (excluding diaryl/α,β-unsaturated/α-hetero) is 1. The van der Waals surface area contributed by atoms with Gasteiger partial charge in [0.25, 0.3) is 0 Å². The molecule has 1 fully saturated rings. The Balaban J connectivity index is 1.61. The maximum absolute atomic E-state index is 14.5. The minimum absolute atomic E-state index is 0.0134. The van der Waals surface area contributed by atoms with E-state index in [9.17, 15) is 18.8 Å². The summed E-state index contributed by atoms with van der Waals surface area (Å²) >= 11 is 5.90. The molecule has 1 aliphatic heterocycles. The lowest BCUT2D eigenvalue weighted by molar-refractivity contribution is -0.143. The molecule has 43 heavy (non-hydrogen) atoms. The van der Waals surface area contributed by atoms with E-state index in [1.807, 2.05) is 20.8 Å². The Morgan fingerprint density at radius 3 is 2.58 bits per heavy atom. The first-order valence-electron chi connectivity index (χ1n) is 14.2. The third kappa shape index (κ3) is 7.22. The minimum atomic E-state index is -0.807. The third-order valence-electron chi connectivity index (χ3n) is 7.72. The number of amides is 2. The number of nitrogens with one attached hydrogen (secondary N) is 3. The number of likely N-dealkylation sites (tertiary alicyclic amines) is 1. The predicted molar refractivity (Wildman–Crippen MR) is 164 cm³/mol. The van der Waals surface area contributed by atoms with Crippen LogP contribution in [0.2, 0.25) is 5.02 Å². The lowest BCUT2D eigenvalue weighted by Crippen LogP contribution is -2.58. The number of benzene rings is 2. The van der Waals surface area contributed by atoms with E-state index in [0.29, 0.717) is 47.4 Å². The molecule has 10 nitrogen and oxygen atoms in total. The number of anilines is 2. The van der Waals surface area contributed by atoms with Gasteiger partial charge >= 0.3 is 0 Å². The van der Waals surface area contributed by atoms with Crippen LogP contribution in [-0.2, 0) is 20.8 Å². The average Bonchev–Trinajstić information content (AvgIpc) is 3.46. The summed E-state index contributed by atoms with van der Waals surface area (Å²) in [5, 5.41) is 9.60. The minimum Gasteiger partial charge on any atom is -0.496 e. The molecule has 3 N–H and O–H groups in total. The molecule has 3 atom stereocenters. The fourth-order valence-corrected chi connectivity index (χ4v) is 5.32. The van der Waals surface area contributed by atoms with Crippen LogP contribution < -0.4 is 20.7 Å². The van der Waals surface area contributed by atoms with E-state index >= 15 is 0 Å². The standard InChI is InChI=1S/C31H38ClFN6O4/c1-17(34-5)29(41)38-27(31(2,3)4)30(42)39-11-7-8-24(39)25(40)13-18-12-20-23(15-26(18)43-6)35-16-36-28(20)37-22-10-9-19(32)14-21(22)33/h9-10,12,14-17,24,27,34H,7-8,11,13H2,1-6H3,(H,38,41)(H,35,36,37)/t17-,24-,27+/m0/s1. The van der Waals surface area contributed by atoms with Gasteiger partial charge in [0.05, 0.1) is 30.4 Å². The number of hydrogen-bond acceptors (Lipinski definition) is 8. The number of aromatic nitrogens is 2. The summed E-state index contributed by atoms with van der Waals surface area (Å²) in [6, 6.07) is 5.80. The second-order valence-corrected chi connectivity index (χ2v) is 12.2. The van der Waals surface area contributed by atoms with Crippen LogP contribution in [0, 0.1) is 11.2 Å². The van der Waals surface area contributed by atoms with Gasteiger partial charge in [0, 0.05) is 35.0 Å². The molecule has 0 radical (unpaired) electrons. The summed E-state index contributed by atoms with van der Waals surface area (Å²) in [5.74, 6) is -0.459. The predicted octanol–water partition coefficient (Wildman–Crippen LogP) is 4.42. The van der Waals surface area contributed by atoms with Gasteiger partial charge < -0.3 is 25.6 Å². The number of ketones is 1. The zero-order chi connectivity index (χ0) is 31.5. The molecule has 2 heterocycles. The summed E-state index contributed by atoms with van der Waals surface area (Å²) in [7, 11) is 3.18. The second kappa shape index (κ2) is 13.2. The smallest absolute Gasteiger partial charge is 0.246 e. The highest BCUT2D eigenvalue weighted by molar-refractivity contribution is 6.30. The Hall–Kier alpha value is -3.83. The summed E-state index contributed by atoms with van der Waals surface area (Å²) < 4.78 is 20.1. The highest BCUT2D eigenvalue weighted by atomic mass is 35.5. The van der Waals surface area contributed by atoms with E-state index in [4.69, 9.17) is 16.3 Å². The number of halogens is 2. The molecule has 3 aromatic rings. The van der Waals surface area contributed by atoms with Crippen LogP contribution in [0.1, 0.15) is 46.1 Å². The number of nitrogens with zero attached hydrogens (tertiary/aromatic N) is 3. The molecule has 0 saturated carbocycles. The molecule has 2 aromatic carbocycles. The van der Waals surface area contributed by atoms with Gasteiger partial charge in [0.1, 0.15) is 29.8 Å². The molecule has 12 heteroatoms. The first kappa shape index (κ1) is 32.1. The van der Waals surface area contributed by atoms with Crippen LogP contribution in [0.5, 0.6) is 5.75 Å². The number of ether oxygens (including phenoxy) is 1. The van der Waals surface area contributed by atoms with Gasteiger partial charge in [-0.05, 0) is 56.5 Å². The molecule has 1 saturated heterocycles. The average molecular weight is 613 g/mol. The second-order valence-electron chi connectivity index (χ2n) is 11.8. The third-order valence-corrected chi connectivity index (χ3v) is 7.95. The van der Waals surface area contributed by atoms with E-state index in [1.54, 1.807) is 37.1 Å². The van der Waals surface area contributed by atoms with Crippen LogP contribution in [0.15, 0.2) is 36.7 Å². The topological polar surface area (TPSA) is 126 Å². The molecule has 1 aromatic heterocycles. The molecule has 0 unspecified atom stereocenters. The van der Waals surface area contributed by atoms with Crippen molar-refractivity contribution >= 4 is 51.6 Å². The summed E-state index contributed by atoms with van der Waals surface area (Å²) in [6.07, 6.45) is 2.53. The summed E-state index contributed by atoms with van der Waals surface area (Å²) in [4.78, 5) is 50.5. The van der Waals surface area contributed by atoms with E-state index in [2.05, 4.69) is 25.9 Å². The molecular weight excluding hydrogens is 575 g/mol. The van der Waals surface area contributed by atoms with Crippen molar-refractivity contribution in [1.82, 2.24) is 25.5 Å². The largest absolute Gasteiger partial charge is 0.496 e. The monoisotopic (exact) mass is 612 g/mol. The van der Waals surface area contributed by atoms with E-state index in [1.165, 1.54) is 25.6 Å². The van der Waals surface area contributed by atoms with Crippen molar-refractivity contribution in [2.45, 2.75) is 65.1 Å². The number of carbonyl (C=O) groups is 3. The maximum atomic E-state index is 14.5. The molecule has 0 aliphatic carbocycles. The van der Waals surface area contributed by atoms with Gasteiger partial charge in [0.15, 0.2) is 5.78 Å².